The number of imide groups is 1. The Kier molecular flexibility index (Phi) is 4.66. The first kappa shape index (κ1) is 18.6. The SMILES string of the molecule is Cc1nc(CC2CC2)sc1C(=O)NCc1ccc(C2(C)NC(=O)NC2=O)cc1. The first-order chi connectivity index (χ1) is 13.3. The van der Waals surface area contributed by atoms with E-state index in [-0.39, 0.29) is 11.8 Å². The summed E-state index contributed by atoms with van der Waals surface area (Å²) in [6.45, 7) is 3.91. The largest absolute Gasteiger partial charge is 0.347 e. The van der Waals surface area contributed by atoms with E-state index in [1.54, 1.807) is 19.1 Å². The molecule has 4 rings (SSSR count). The minimum Gasteiger partial charge on any atom is -0.347 e. The van der Waals surface area contributed by atoms with Gasteiger partial charge in [-0.15, -0.1) is 11.3 Å². The zero-order valence-corrected chi connectivity index (χ0v) is 16.6. The molecule has 0 radical (unpaired) electrons. The molecule has 2 aliphatic rings. The van der Waals surface area contributed by atoms with Crippen LogP contribution in [-0.2, 0) is 23.3 Å². The Hall–Kier alpha value is -2.74. The van der Waals surface area contributed by atoms with Crippen LogP contribution in [0.5, 0.6) is 0 Å². The number of aryl methyl sites for hydroxylation is 1. The molecule has 1 aromatic heterocycles. The average Bonchev–Trinajstić information content (AvgIpc) is 3.33. The molecule has 0 bridgehead atoms. The minimum absolute atomic E-state index is 0.115. The van der Waals surface area contributed by atoms with Crippen molar-refractivity contribution in [3.8, 4) is 0 Å². The summed E-state index contributed by atoms with van der Waals surface area (Å²) >= 11 is 1.48. The van der Waals surface area contributed by atoms with Gasteiger partial charge in [0.15, 0.2) is 0 Å². The van der Waals surface area contributed by atoms with E-state index in [0.717, 1.165) is 28.6 Å². The van der Waals surface area contributed by atoms with Gasteiger partial charge in [-0.3, -0.25) is 14.9 Å². The van der Waals surface area contributed by atoms with Crippen LogP contribution < -0.4 is 16.0 Å². The number of nitrogens with zero attached hydrogens (tertiary/aromatic N) is 1. The summed E-state index contributed by atoms with van der Waals surface area (Å²) < 4.78 is 0. The second kappa shape index (κ2) is 7.01. The third-order valence-electron chi connectivity index (χ3n) is 5.24. The van der Waals surface area contributed by atoms with Gasteiger partial charge in [-0.2, -0.15) is 0 Å². The zero-order chi connectivity index (χ0) is 19.9. The highest BCUT2D eigenvalue weighted by molar-refractivity contribution is 7.13. The summed E-state index contributed by atoms with van der Waals surface area (Å²) in [4.78, 5) is 41.1. The van der Waals surface area contributed by atoms with E-state index in [1.807, 2.05) is 19.1 Å². The van der Waals surface area contributed by atoms with Crippen molar-refractivity contribution in [2.24, 2.45) is 5.92 Å². The highest BCUT2D eigenvalue weighted by atomic mass is 32.1. The zero-order valence-electron chi connectivity index (χ0n) is 15.8. The molecule has 1 aliphatic carbocycles. The van der Waals surface area contributed by atoms with E-state index < -0.39 is 11.6 Å². The molecule has 1 saturated heterocycles. The first-order valence-corrected chi connectivity index (χ1v) is 10.1. The molecule has 1 aromatic carbocycles. The molecular weight excluding hydrogens is 376 g/mol. The van der Waals surface area contributed by atoms with Crippen LogP contribution in [-0.4, -0.2) is 22.8 Å². The Labute approximate surface area is 166 Å². The molecular formula is C20H22N4O3S. The van der Waals surface area contributed by atoms with E-state index >= 15 is 0 Å². The number of carbonyl (C=O) groups excluding carboxylic acids is 3. The van der Waals surface area contributed by atoms with Crippen molar-refractivity contribution >= 4 is 29.2 Å². The maximum atomic E-state index is 12.5. The fourth-order valence-corrected chi connectivity index (χ4v) is 4.38. The predicted octanol–water partition coefficient (Wildman–Crippen LogP) is 2.39. The lowest BCUT2D eigenvalue weighted by atomic mass is 9.91. The van der Waals surface area contributed by atoms with Gasteiger partial charge < -0.3 is 10.6 Å². The molecule has 28 heavy (non-hydrogen) atoms. The quantitative estimate of drug-likeness (QED) is 0.651. The summed E-state index contributed by atoms with van der Waals surface area (Å²) in [6, 6.07) is 6.77. The maximum absolute atomic E-state index is 12.5. The van der Waals surface area contributed by atoms with Gasteiger partial charge in [0.25, 0.3) is 11.8 Å². The molecule has 7 nitrogen and oxygen atoms in total. The standard InChI is InChI=1S/C20H22N4O3S/c1-11-16(28-15(22-11)9-12-3-4-12)17(25)21-10-13-5-7-14(8-6-13)20(2)18(26)23-19(27)24-20/h5-8,12H,3-4,9-10H2,1-2H3,(H,21,25)(H2,23,24,26,27). The van der Waals surface area contributed by atoms with Gasteiger partial charge >= 0.3 is 6.03 Å². The van der Waals surface area contributed by atoms with Crippen molar-refractivity contribution in [3.05, 3.63) is 51.0 Å². The summed E-state index contributed by atoms with van der Waals surface area (Å²) in [7, 11) is 0. The van der Waals surface area contributed by atoms with Gasteiger partial charge in [0.1, 0.15) is 10.4 Å². The molecule has 2 fully saturated rings. The molecule has 2 aromatic rings. The highest BCUT2D eigenvalue weighted by Gasteiger charge is 2.43. The minimum atomic E-state index is -1.07. The lowest BCUT2D eigenvalue weighted by Gasteiger charge is -2.21. The Bertz CT molecular complexity index is 949. The van der Waals surface area contributed by atoms with Gasteiger partial charge in [-0.05, 0) is 43.7 Å². The van der Waals surface area contributed by atoms with E-state index in [1.165, 1.54) is 24.2 Å². The molecule has 2 heterocycles. The third-order valence-corrected chi connectivity index (χ3v) is 6.41. The topological polar surface area (TPSA) is 100 Å². The van der Waals surface area contributed by atoms with Gasteiger partial charge in [0.2, 0.25) is 0 Å². The summed E-state index contributed by atoms with van der Waals surface area (Å²) in [6.07, 6.45) is 3.50. The number of urea groups is 1. The van der Waals surface area contributed by atoms with Crippen LogP contribution in [0.4, 0.5) is 4.79 Å². The number of aromatic nitrogens is 1. The van der Waals surface area contributed by atoms with Crippen molar-refractivity contribution < 1.29 is 14.4 Å². The lowest BCUT2D eigenvalue weighted by Crippen LogP contribution is -2.40. The highest BCUT2D eigenvalue weighted by Crippen LogP contribution is 2.34. The number of nitrogens with one attached hydrogen (secondary N) is 3. The van der Waals surface area contributed by atoms with E-state index in [9.17, 15) is 14.4 Å². The number of amides is 4. The molecule has 1 atom stereocenters. The van der Waals surface area contributed by atoms with Crippen LogP contribution in [0.15, 0.2) is 24.3 Å². The smallest absolute Gasteiger partial charge is 0.322 e. The molecule has 4 amide bonds. The average molecular weight is 398 g/mol. The van der Waals surface area contributed by atoms with Crippen molar-refractivity contribution in [2.75, 3.05) is 0 Å². The van der Waals surface area contributed by atoms with Gasteiger partial charge in [-0.25, -0.2) is 9.78 Å². The molecule has 146 valence electrons. The van der Waals surface area contributed by atoms with Crippen LogP contribution >= 0.6 is 11.3 Å². The maximum Gasteiger partial charge on any atom is 0.322 e. The van der Waals surface area contributed by atoms with E-state index in [2.05, 4.69) is 20.9 Å². The first-order valence-electron chi connectivity index (χ1n) is 9.32. The van der Waals surface area contributed by atoms with Gasteiger partial charge in [0.05, 0.1) is 10.7 Å². The van der Waals surface area contributed by atoms with Crippen molar-refractivity contribution in [2.45, 2.75) is 45.2 Å². The Morgan fingerprint density at radius 1 is 1.29 bits per heavy atom. The molecule has 1 unspecified atom stereocenters. The number of thiazole rings is 1. The molecule has 3 N–H and O–H groups in total. The van der Waals surface area contributed by atoms with E-state index in [4.69, 9.17) is 0 Å². The third kappa shape index (κ3) is 3.64. The Morgan fingerprint density at radius 2 is 2.00 bits per heavy atom. The molecule has 1 saturated carbocycles. The lowest BCUT2D eigenvalue weighted by molar-refractivity contribution is -0.123. The monoisotopic (exact) mass is 398 g/mol. The predicted molar refractivity (Wildman–Crippen MR) is 105 cm³/mol. The molecule has 0 spiro atoms. The second-order valence-electron chi connectivity index (χ2n) is 7.58. The van der Waals surface area contributed by atoms with E-state index in [0.29, 0.717) is 17.0 Å². The van der Waals surface area contributed by atoms with Crippen molar-refractivity contribution in [1.82, 2.24) is 20.9 Å². The summed E-state index contributed by atoms with van der Waals surface area (Å²) in [5.41, 5.74) is 1.31. The van der Waals surface area contributed by atoms with Gasteiger partial charge in [0, 0.05) is 13.0 Å². The normalized spacial score (nSPS) is 21.4. The fourth-order valence-electron chi connectivity index (χ4n) is 3.28. The second-order valence-corrected chi connectivity index (χ2v) is 8.67. The summed E-state index contributed by atoms with van der Waals surface area (Å²) in [5.74, 6) is 0.255. The van der Waals surface area contributed by atoms with Crippen LogP contribution in [0, 0.1) is 12.8 Å². The van der Waals surface area contributed by atoms with Gasteiger partial charge in [-0.1, -0.05) is 24.3 Å². The number of rotatable bonds is 6. The summed E-state index contributed by atoms with van der Waals surface area (Å²) in [5, 5.41) is 8.87. The van der Waals surface area contributed by atoms with Crippen LogP contribution in [0.1, 0.15) is 51.3 Å². The molecule has 1 aliphatic heterocycles. The van der Waals surface area contributed by atoms with Crippen LogP contribution in [0.2, 0.25) is 0 Å². The number of benzene rings is 1. The van der Waals surface area contributed by atoms with Crippen LogP contribution in [0.3, 0.4) is 0 Å². The fraction of sp³-hybridized carbons (Fsp3) is 0.400. The Morgan fingerprint density at radius 3 is 2.61 bits per heavy atom. The Balaban J connectivity index is 1.38. The molecule has 8 heteroatoms. The van der Waals surface area contributed by atoms with Crippen molar-refractivity contribution in [3.63, 3.8) is 0 Å². The van der Waals surface area contributed by atoms with Crippen molar-refractivity contribution in [1.29, 1.82) is 0 Å². The number of hydrogen-bond acceptors (Lipinski definition) is 5. The van der Waals surface area contributed by atoms with Crippen LogP contribution in [0.25, 0.3) is 0 Å². The number of carbonyl (C=O) groups is 3. The number of hydrogen-bond donors (Lipinski definition) is 3.